The average molecular weight is 979 g/mol. The van der Waals surface area contributed by atoms with Crippen LogP contribution in [0.1, 0.15) is 51.0 Å². The number of cyclic esters (lactones) is 1. The van der Waals surface area contributed by atoms with E-state index in [1.807, 2.05) is 152 Å². The molecule has 9 rings (SSSR count). The monoisotopic (exact) mass is 978 g/mol. The minimum Gasteiger partial charge on any atom is -0.463 e. The molecule has 3 heterocycles. The first-order valence-electron chi connectivity index (χ1n) is 24.2. The van der Waals surface area contributed by atoms with Crippen LogP contribution in [0.2, 0.25) is 0 Å². The fraction of sp³-hybridized carbons (Fsp3) is 0.328. The van der Waals surface area contributed by atoms with Gasteiger partial charge in [0.05, 0.1) is 58.0 Å². The highest BCUT2D eigenvalue weighted by atomic mass is 16.8. The predicted molar refractivity (Wildman–Crippen MR) is 260 cm³/mol. The van der Waals surface area contributed by atoms with Crippen LogP contribution in [-0.4, -0.2) is 92.5 Å². The molecular weight excluding hydrogens is 921 g/mol. The SMILES string of the molecule is O=C1CCC(=O)O[C@@H]2[C@@H](OC(=O)c3ccccc3)[C@@H](OCc3ccccc3)O[C@H](COCc3ccccc3)[C@H]2O[C@H]2O[C@@H](CO1)[C@H](OCc1ccccc1)[C@@H](OCc1ccccc1)[C@H]2OCc1ccccc1. The van der Waals surface area contributed by atoms with Gasteiger partial charge < -0.3 is 52.1 Å². The molecule has 0 unspecified atom stereocenters. The molecule has 14 heteroatoms. The first kappa shape index (κ1) is 50.4. The van der Waals surface area contributed by atoms with Crippen LogP contribution in [0.25, 0.3) is 0 Å². The molecule has 2 bridgehead atoms. The van der Waals surface area contributed by atoms with Crippen molar-refractivity contribution in [2.75, 3.05) is 13.2 Å². The quantitative estimate of drug-likeness (QED) is 0.0598. The summed E-state index contributed by atoms with van der Waals surface area (Å²) >= 11 is 0. The predicted octanol–water partition coefficient (Wildman–Crippen LogP) is 8.49. The third-order valence-electron chi connectivity index (χ3n) is 12.4. The normalized spacial score (nSPS) is 25.6. The summed E-state index contributed by atoms with van der Waals surface area (Å²) in [6.45, 7) is 0.228. The molecule has 0 aromatic heterocycles. The summed E-state index contributed by atoms with van der Waals surface area (Å²) in [4.78, 5) is 41.9. The Morgan fingerprint density at radius 3 is 1.46 bits per heavy atom. The van der Waals surface area contributed by atoms with Gasteiger partial charge in [0, 0.05) is 0 Å². The van der Waals surface area contributed by atoms with E-state index in [1.54, 1.807) is 30.3 Å². The second-order valence-corrected chi connectivity index (χ2v) is 17.6. The maximum absolute atomic E-state index is 14.2. The highest BCUT2D eigenvalue weighted by molar-refractivity contribution is 5.89. The van der Waals surface area contributed by atoms with Crippen LogP contribution < -0.4 is 0 Å². The van der Waals surface area contributed by atoms with Crippen LogP contribution in [0.4, 0.5) is 0 Å². The summed E-state index contributed by atoms with van der Waals surface area (Å²) in [6.07, 6.45) is -12.5. The molecule has 6 aromatic rings. The molecule has 0 saturated carbocycles. The Hall–Kier alpha value is -6.59. The van der Waals surface area contributed by atoms with Crippen LogP contribution in [0.15, 0.2) is 182 Å². The van der Waals surface area contributed by atoms with Crippen molar-refractivity contribution in [2.24, 2.45) is 0 Å². The molecule has 6 aromatic carbocycles. The lowest BCUT2D eigenvalue weighted by Crippen LogP contribution is -2.66. The molecule has 0 amide bonds. The van der Waals surface area contributed by atoms with Crippen LogP contribution in [0.5, 0.6) is 0 Å². The molecule has 3 saturated heterocycles. The Balaban J connectivity index is 1.13. The topological polar surface area (TPSA) is 153 Å². The fourth-order valence-corrected chi connectivity index (χ4v) is 8.76. The van der Waals surface area contributed by atoms with Crippen molar-refractivity contribution in [3.05, 3.63) is 215 Å². The van der Waals surface area contributed by atoms with E-state index >= 15 is 0 Å². The van der Waals surface area contributed by atoms with Gasteiger partial charge in [-0.2, -0.15) is 0 Å². The van der Waals surface area contributed by atoms with E-state index in [0.29, 0.717) is 0 Å². The summed E-state index contributed by atoms with van der Waals surface area (Å²) < 4.78 is 73.0. The zero-order chi connectivity index (χ0) is 49.3. The van der Waals surface area contributed by atoms with Crippen molar-refractivity contribution in [2.45, 2.75) is 107 Å². The van der Waals surface area contributed by atoms with E-state index in [2.05, 4.69) is 0 Å². The van der Waals surface area contributed by atoms with E-state index in [0.717, 1.165) is 27.8 Å². The number of esters is 3. The largest absolute Gasteiger partial charge is 0.463 e. The molecule has 3 aliphatic rings. The maximum Gasteiger partial charge on any atom is 0.338 e. The van der Waals surface area contributed by atoms with Gasteiger partial charge in [0.2, 0.25) is 0 Å². The summed E-state index contributed by atoms with van der Waals surface area (Å²) in [6, 6.07) is 56.4. The Kier molecular flexibility index (Phi) is 18.0. The van der Waals surface area contributed by atoms with E-state index in [4.69, 9.17) is 52.1 Å². The molecule has 72 heavy (non-hydrogen) atoms. The van der Waals surface area contributed by atoms with Crippen molar-refractivity contribution >= 4 is 17.9 Å². The van der Waals surface area contributed by atoms with Crippen molar-refractivity contribution in [1.82, 2.24) is 0 Å². The lowest BCUT2D eigenvalue weighted by atomic mass is 9.95. The molecule has 0 radical (unpaired) electrons. The molecule has 0 aliphatic carbocycles. The summed E-state index contributed by atoms with van der Waals surface area (Å²) in [7, 11) is 0. The van der Waals surface area contributed by atoms with Crippen molar-refractivity contribution in [1.29, 1.82) is 0 Å². The number of carbonyl (C=O) groups excluding carboxylic acids is 3. The minimum atomic E-state index is -1.44. The van der Waals surface area contributed by atoms with Crippen LogP contribution in [0, 0.1) is 0 Å². The first-order chi connectivity index (χ1) is 35.4. The molecule has 0 spiro atoms. The van der Waals surface area contributed by atoms with E-state index in [-0.39, 0.29) is 64.7 Å². The van der Waals surface area contributed by atoms with Crippen LogP contribution >= 0.6 is 0 Å². The number of hydrogen-bond acceptors (Lipinski definition) is 14. The Morgan fingerprint density at radius 2 is 0.917 bits per heavy atom. The summed E-state index contributed by atoms with van der Waals surface area (Å²) in [5.74, 6) is -2.19. The Bertz CT molecular complexity index is 2570. The van der Waals surface area contributed by atoms with E-state index in [1.165, 1.54) is 0 Å². The van der Waals surface area contributed by atoms with Gasteiger partial charge in [0.15, 0.2) is 24.8 Å². The maximum atomic E-state index is 14.2. The van der Waals surface area contributed by atoms with Crippen LogP contribution in [-0.2, 0) is 94.7 Å². The second-order valence-electron chi connectivity index (χ2n) is 17.6. The Morgan fingerprint density at radius 1 is 0.458 bits per heavy atom. The molecule has 0 N–H and O–H groups in total. The van der Waals surface area contributed by atoms with Gasteiger partial charge in [-0.3, -0.25) is 9.59 Å². The molecule has 3 aliphatic heterocycles. The zero-order valence-electron chi connectivity index (χ0n) is 39.7. The van der Waals surface area contributed by atoms with Gasteiger partial charge in [-0.15, -0.1) is 0 Å². The summed E-state index contributed by atoms with van der Waals surface area (Å²) in [5, 5.41) is 0. The lowest BCUT2D eigenvalue weighted by molar-refractivity contribution is -0.370. The highest BCUT2D eigenvalue weighted by Gasteiger charge is 2.56. The second kappa shape index (κ2) is 25.7. The molecule has 3 fully saturated rings. The van der Waals surface area contributed by atoms with Crippen molar-refractivity contribution in [3.63, 3.8) is 0 Å². The number of fused-ring (bicyclic) bond motifs is 3. The first-order valence-corrected chi connectivity index (χ1v) is 24.2. The number of rotatable bonds is 18. The molecule has 374 valence electrons. The lowest BCUT2D eigenvalue weighted by Gasteiger charge is -2.49. The number of ether oxygens (including phenoxy) is 11. The third-order valence-corrected chi connectivity index (χ3v) is 12.4. The van der Waals surface area contributed by atoms with E-state index in [9.17, 15) is 14.4 Å². The highest BCUT2D eigenvalue weighted by Crippen LogP contribution is 2.37. The molecule has 10 atom stereocenters. The molecule has 14 nitrogen and oxygen atoms in total. The van der Waals surface area contributed by atoms with Crippen molar-refractivity contribution < 1.29 is 66.5 Å². The van der Waals surface area contributed by atoms with Gasteiger partial charge in [0.25, 0.3) is 0 Å². The Labute approximate surface area is 418 Å². The number of benzene rings is 6. The number of hydrogen-bond donors (Lipinski definition) is 0. The third kappa shape index (κ3) is 13.9. The average Bonchev–Trinajstić information content (AvgIpc) is 3.43. The van der Waals surface area contributed by atoms with Gasteiger partial charge in [-0.1, -0.05) is 170 Å². The number of carbonyl (C=O) groups is 3. The smallest absolute Gasteiger partial charge is 0.338 e. The van der Waals surface area contributed by atoms with E-state index < -0.39 is 79.3 Å². The van der Waals surface area contributed by atoms with Gasteiger partial charge in [-0.25, -0.2) is 4.79 Å². The standard InChI is InChI=1S/C58H58O14/c59-48-31-32-49(60)70-53-51(46(38-62-33-40-19-7-1-8-20-40)68-57(67-37-44-27-15-5-16-28-44)55(53)71-56(61)45-29-17-6-18-30-45)72-58-54(66-36-43-25-13-4-14-26-43)52(65-35-42-23-11-3-12-24-42)50(47(69-58)39-63-48)64-34-41-21-9-2-10-22-41/h1-30,46-47,50-55,57-58H,31-39H2/t46-,47+,50+,51-,52-,53+,54-,55-,57+,58-/m1/s1. The van der Waals surface area contributed by atoms with Gasteiger partial charge in [0.1, 0.15) is 43.2 Å². The zero-order valence-corrected chi connectivity index (χ0v) is 39.7. The molecular formula is C58H58O14. The van der Waals surface area contributed by atoms with Gasteiger partial charge in [-0.05, 0) is 39.9 Å². The van der Waals surface area contributed by atoms with Crippen LogP contribution in [0.3, 0.4) is 0 Å². The minimum absolute atomic E-state index is 0.0358. The van der Waals surface area contributed by atoms with Gasteiger partial charge >= 0.3 is 17.9 Å². The fourth-order valence-electron chi connectivity index (χ4n) is 8.76. The summed E-state index contributed by atoms with van der Waals surface area (Å²) in [5.41, 5.74) is 4.56. The van der Waals surface area contributed by atoms with Crippen molar-refractivity contribution in [3.8, 4) is 0 Å².